The quantitative estimate of drug-likeness (QED) is 0.541. The van der Waals surface area contributed by atoms with E-state index in [4.69, 9.17) is 10.0 Å². The first kappa shape index (κ1) is 22.6. The van der Waals surface area contributed by atoms with Gasteiger partial charge in [-0.05, 0) is 49.0 Å². The van der Waals surface area contributed by atoms with E-state index in [9.17, 15) is 14.0 Å². The lowest BCUT2D eigenvalue weighted by molar-refractivity contribution is 0.0507. The van der Waals surface area contributed by atoms with Crippen LogP contribution in [0.5, 0.6) is 0 Å². The predicted molar refractivity (Wildman–Crippen MR) is 110 cm³/mol. The molecule has 0 fully saturated rings. The molecule has 29 heavy (non-hydrogen) atoms. The lowest BCUT2D eigenvalue weighted by Crippen LogP contribution is -2.50. The fourth-order valence-electron chi connectivity index (χ4n) is 2.95. The third-order valence-corrected chi connectivity index (χ3v) is 4.12. The Balaban J connectivity index is 2.33. The van der Waals surface area contributed by atoms with Gasteiger partial charge in [-0.25, -0.2) is 9.40 Å². The molecule has 0 aliphatic heterocycles. The van der Waals surface area contributed by atoms with Crippen molar-refractivity contribution in [2.45, 2.75) is 34.6 Å². The molecule has 0 saturated carbocycles. The number of hydrogen-bond donors (Lipinski definition) is 3. The van der Waals surface area contributed by atoms with Gasteiger partial charge in [-0.3, -0.25) is 15.0 Å². The number of hydrazine groups is 1. The minimum atomic E-state index is -1.84. The zero-order valence-electron chi connectivity index (χ0n) is 17.3. The average molecular weight is 400 g/mol. The lowest BCUT2D eigenvalue weighted by Gasteiger charge is -2.30. The van der Waals surface area contributed by atoms with E-state index < -0.39 is 24.7 Å². The zero-order valence-corrected chi connectivity index (χ0v) is 17.3. The average Bonchev–Trinajstić information content (AvgIpc) is 2.58. The minimum Gasteiger partial charge on any atom is -0.423 e. The fourth-order valence-corrected chi connectivity index (χ4v) is 2.95. The Morgan fingerprint density at radius 1 is 1.07 bits per heavy atom. The van der Waals surface area contributed by atoms with Crippen LogP contribution in [0.25, 0.3) is 0 Å². The second-order valence-corrected chi connectivity index (χ2v) is 8.38. The normalized spacial score (nSPS) is 11.2. The van der Waals surface area contributed by atoms with Crippen molar-refractivity contribution < 1.29 is 24.0 Å². The van der Waals surface area contributed by atoms with Gasteiger partial charge < -0.3 is 10.0 Å². The summed E-state index contributed by atoms with van der Waals surface area (Å²) in [4.78, 5) is 25.7. The maximum absolute atomic E-state index is 14.3. The molecule has 0 radical (unpaired) electrons. The molecule has 2 amide bonds. The van der Waals surface area contributed by atoms with Crippen LogP contribution in [-0.4, -0.2) is 40.5 Å². The van der Waals surface area contributed by atoms with Crippen molar-refractivity contribution in [3.8, 4) is 0 Å². The van der Waals surface area contributed by atoms with Crippen molar-refractivity contribution in [1.82, 2.24) is 10.4 Å². The molecule has 2 aromatic rings. The third kappa shape index (κ3) is 6.14. The van der Waals surface area contributed by atoms with Crippen LogP contribution in [0.15, 0.2) is 36.4 Å². The molecule has 154 valence electrons. The SMILES string of the molecule is Cc1cc(C)cc(C(=O)N(CC(C)(C)C)NC(=O)c2ccc(B(O)O)cc2F)c1. The van der Waals surface area contributed by atoms with Crippen LogP contribution in [0.4, 0.5) is 4.39 Å². The first-order valence-electron chi connectivity index (χ1n) is 9.24. The Labute approximate surface area is 170 Å². The van der Waals surface area contributed by atoms with Gasteiger partial charge in [0.15, 0.2) is 0 Å². The van der Waals surface area contributed by atoms with Crippen LogP contribution in [-0.2, 0) is 0 Å². The molecular formula is C21H26BFN2O4. The number of halogens is 1. The van der Waals surface area contributed by atoms with Crippen molar-refractivity contribution in [3.63, 3.8) is 0 Å². The summed E-state index contributed by atoms with van der Waals surface area (Å²) in [6, 6.07) is 8.66. The maximum atomic E-state index is 14.3. The number of nitrogens with one attached hydrogen (secondary N) is 1. The molecule has 0 heterocycles. The van der Waals surface area contributed by atoms with Gasteiger partial charge in [0, 0.05) is 12.1 Å². The summed E-state index contributed by atoms with van der Waals surface area (Å²) in [5.41, 5.74) is 4.05. The molecule has 0 atom stereocenters. The van der Waals surface area contributed by atoms with Gasteiger partial charge in [0.1, 0.15) is 5.82 Å². The number of carbonyl (C=O) groups is 2. The summed E-state index contributed by atoms with van der Waals surface area (Å²) in [6.07, 6.45) is 0. The summed E-state index contributed by atoms with van der Waals surface area (Å²) in [5, 5.41) is 19.4. The molecule has 0 aromatic heterocycles. The second-order valence-electron chi connectivity index (χ2n) is 8.38. The van der Waals surface area contributed by atoms with Crippen LogP contribution >= 0.6 is 0 Å². The van der Waals surface area contributed by atoms with Gasteiger partial charge in [0.05, 0.1) is 5.56 Å². The van der Waals surface area contributed by atoms with Gasteiger partial charge in [-0.15, -0.1) is 0 Å². The molecule has 0 saturated heterocycles. The Kier molecular flexibility index (Phi) is 6.82. The Morgan fingerprint density at radius 2 is 1.66 bits per heavy atom. The van der Waals surface area contributed by atoms with E-state index >= 15 is 0 Å². The number of nitrogens with zero attached hydrogens (tertiary/aromatic N) is 1. The number of amides is 2. The van der Waals surface area contributed by atoms with Gasteiger partial charge in [-0.1, -0.05) is 44.0 Å². The molecule has 8 heteroatoms. The number of carbonyl (C=O) groups excluding carboxylic acids is 2. The second kappa shape index (κ2) is 8.76. The summed E-state index contributed by atoms with van der Waals surface area (Å²) in [6.45, 7) is 9.71. The van der Waals surface area contributed by atoms with E-state index in [1.807, 2.05) is 40.7 Å². The van der Waals surface area contributed by atoms with E-state index in [1.54, 1.807) is 12.1 Å². The molecule has 0 unspecified atom stereocenters. The first-order valence-corrected chi connectivity index (χ1v) is 9.24. The van der Waals surface area contributed by atoms with Crippen LogP contribution in [0.3, 0.4) is 0 Å². The van der Waals surface area contributed by atoms with Crippen LogP contribution in [0, 0.1) is 25.1 Å². The van der Waals surface area contributed by atoms with Gasteiger partial charge >= 0.3 is 7.12 Å². The predicted octanol–water partition coefficient (Wildman–Crippen LogP) is 1.96. The molecule has 6 nitrogen and oxygen atoms in total. The molecule has 2 aromatic carbocycles. The topological polar surface area (TPSA) is 89.9 Å². The van der Waals surface area contributed by atoms with Crippen LogP contribution in [0.1, 0.15) is 52.6 Å². The highest BCUT2D eigenvalue weighted by Gasteiger charge is 2.26. The third-order valence-electron chi connectivity index (χ3n) is 4.12. The molecule has 3 N–H and O–H groups in total. The smallest absolute Gasteiger partial charge is 0.423 e. The number of benzene rings is 2. The van der Waals surface area contributed by atoms with Crippen molar-refractivity contribution >= 4 is 24.4 Å². The van der Waals surface area contributed by atoms with Crippen molar-refractivity contribution in [2.24, 2.45) is 5.41 Å². The van der Waals surface area contributed by atoms with Gasteiger partial charge in [0.25, 0.3) is 11.8 Å². The van der Waals surface area contributed by atoms with Crippen molar-refractivity contribution in [2.75, 3.05) is 6.54 Å². The van der Waals surface area contributed by atoms with E-state index in [1.165, 1.54) is 11.1 Å². The largest absolute Gasteiger partial charge is 0.488 e. The van der Waals surface area contributed by atoms with E-state index in [0.717, 1.165) is 23.3 Å². The Hall–Kier alpha value is -2.71. The molecule has 0 spiro atoms. The number of rotatable bonds is 4. The fraction of sp³-hybridized carbons (Fsp3) is 0.333. The highest BCUT2D eigenvalue weighted by atomic mass is 19.1. The van der Waals surface area contributed by atoms with E-state index in [0.29, 0.717) is 5.56 Å². The Morgan fingerprint density at radius 3 is 2.14 bits per heavy atom. The minimum absolute atomic E-state index is 0.0723. The Bertz CT molecular complexity index is 905. The standard InChI is InChI=1S/C21H26BFN2O4/c1-13-8-14(2)10-15(9-13)20(27)25(12-21(3,4)5)24-19(26)17-7-6-16(22(28)29)11-18(17)23/h6-11,28-29H,12H2,1-5H3,(H,24,26). The van der Waals surface area contributed by atoms with Gasteiger partial charge in [-0.2, -0.15) is 0 Å². The number of aryl methyl sites for hydroxylation is 2. The van der Waals surface area contributed by atoms with E-state index in [2.05, 4.69) is 5.43 Å². The molecular weight excluding hydrogens is 374 g/mol. The molecule has 0 aliphatic rings. The molecule has 0 bridgehead atoms. The summed E-state index contributed by atoms with van der Waals surface area (Å²) in [5.74, 6) is -2.12. The molecule has 2 rings (SSSR count). The van der Waals surface area contributed by atoms with Crippen LogP contribution in [0.2, 0.25) is 0 Å². The monoisotopic (exact) mass is 400 g/mol. The molecule has 0 aliphatic carbocycles. The summed E-state index contributed by atoms with van der Waals surface area (Å²) >= 11 is 0. The zero-order chi connectivity index (χ0) is 21.9. The maximum Gasteiger partial charge on any atom is 0.488 e. The van der Waals surface area contributed by atoms with Crippen molar-refractivity contribution in [1.29, 1.82) is 0 Å². The van der Waals surface area contributed by atoms with Crippen molar-refractivity contribution in [3.05, 3.63) is 64.5 Å². The highest BCUT2D eigenvalue weighted by molar-refractivity contribution is 6.58. The van der Waals surface area contributed by atoms with Gasteiger partial charge in [0.2, 0.25) is 0 Å². The summed E-state index contributed by atoms with van der Waals surface area (Å²) in [7, 11) is -1.84. The lowest BCUT2D eigenvalue weighted by atomic mass is 9.80. The first-order chi connectivity index (χ1) is 13.4. The highest BCUT2D eigenvalue weighted by Crippen LogP contribution is 2.18. The van der Waals surface area contributed by atoms with E-state index in [-0.39, 0.29) is 23.0 Å². The summed E-state index contributed by atoms with van der Waals surface area (Å²) < 4.78 is 14.3. The number of hydrogen-bond acceptors (Lipinski definition) is 4. The van der Waals surface area contributed by atoms with Crippen LogP contribution < -0.4 is 10.9 Å².